The molecule has 100 valence electrons. The van der Waals surface area contributed by atoms with Gasteiger partial charge in [-0.15, -0.1) is 11.3 Å². The van der Waals surface area contributed by atoms with Gasteiger partial charge < -0.3 is 5.73 Å². The topological polar surface area (TPSA) is 56.0 Å². The van der Waals surface area contributed by atoms with Crippen molar-refractivity contribution in [3.63, 3.8) is 0 Å². The molecule has 0 saturated carbocycles. The Kier molecular flexibility index (Phi) is 3.32. The summed E-state index contributed by atoms with van der Waals surface area (Å²) in [5.41, 5.74) is 5.45. The molecule has 0 bridgehead atoms. The third kappa shape index (κ3) is 2.76. The summed E-state index contributed by atoms with van der Waals surface area (Å²) in [7, 11) is 0. The van der Waals surface area contributed by atoms with Gasteiger partial charge in [0.2, 0.25) is 0 Å². The number of nitrogens with two attached hydrogens (primary N) is 1. The Morgan fingerprint density at radius 3 is 2.26 bits per heavy atom. The van der Waals surface area contributed by atoms with Gasteiger partial charge in [0.05, 0.1) is 11.3 Å². The quantitative estimate of drug-likeness (QED) is 0.921. The van der Waals surface area contributed by atoms with E-state index < -0.39 is 17.6 Å². The second kappa shape index (κ2) is 4.65. The molecule has 1 heterocycles. The Morgan fingerprint density at radius 1 is 1.26 bits per heavy atom. The van der Waals surface area contributed by atoms with Crippen LogP contribution in [0.3, 0.4) is 0 Å². The Morgan fingerprint density at radius 2 is 1.84 bits per heavy atom. The van der Waals surface area contributed by atoms with Crippen LogP contribution in [0.1, 0.15) is 20.9 Å². The molecule has 2 rings (SSSR count). The molecule has 2 aromatic rings. The van der Waals surface area contributed by atoms with Crippen LogP contribution in [0.25, 0.3) is 10.6 Å². The van der Waals surface area contributed by atoms with E-state index in [1.165, 1.54) is 12.1 Å². The van der Waals surface area contributed by atoms with Crippen LogP contribution < -0.4 is 5.73 Å². The van der Waals surface area contributed by atoms with Crippen molar-refractivity contribution < 1.29 is 18.0 Å². The van der Waals surface area contributed by atoms with E-state index in [4.69, 9.17) is 5.73 Å². The van der Waals surface area contributed by atoms with E-state index in [-0.39, 0.29) is 0 Å². The number of aryl methyl sites for hydroxylation is 1. The summed E-state index contributed by atoms with van der Waals surface area (Å²) in [6.07, 6.45) is -4.37. The SMILES string of the molecule is Cc1nc(-c2ccc(C(F)(F)F)cc2)sc1C(N)=O. The van der Waals surface area contributed by atoms with E-state index in [1.807, 2.05) is 0 Å². The van der Waals surface area contributed by atoms with Gasteiger partial charge in [-0.2, -0.15) is 13.2 Å². The number of hydrogen-bond donors (Lipinski definition) is 1. The lowest BCUT2D eigenvalue weighted by Crippen LogP contribution is -2.09. The van der Waals surface area contributed by atoms with Gasteiger partial charge in [-0.3, -0.25) is 4.79 Å². The van der Waals surface area contributed by atoms with Crippen molar-refractivity contribution in [3.05, 3.63) is 40.4 Å². The number of nitrogens with zero attached hydrogens (tertiary/aromatic N) is 1. The maximum absolute atomic E-state index is 12.4. The smallest absolute Gasteiger partial charge is 0.365 e. The summed E-state index contributed by atoms with van der Waals surface area (Å²) in [5.74, 6) is -0.590. The zero-order valence-corrected chi connectivity index (χ0v) is 10.6. The van der Waals surface area contributed by atoms with Gasteiger partial charge in [0.15, 0.2) is 0 Å². The molecule has 3 nitrogen and oxygen atoms in total. The molecule has 0 unspecified atom stereocenters. The highest BCUT2D eigenvalue weighted by molar-refractivity contribution is 7.17. The molecule has 7 heteroatoms. The van der Waals surface area contributed by atoms with Crippen LogP contribution >= 0.6 is 11.3 Å². The Balaban J connectivity index is 2.38. The molecule has 2 N–H and O–H groups in total. The number of carbonyl (C=O) groups is 1. The van der Waals surface area contributed by atoms with Crippen molar-refractivity contribution in [3.8, 4) is 10.6 Å². The van der Waals surface area contributed by atoms with Crippen molar-refractivity contribution in [2.75, 3.05) is 0 Å². The molecule has 1 amide bonds. The number of alkyl halides is 3. The Bertz CT molecular complexity index is 617. The largest absolute Gasteiger partial charge is 0.416 e. The van der Waals surface area contributed by atoms with E-state index in [0.29, 0.717) is 21.1 Å². The number of benzene rings is 1. The lowest BCUT2D eigenvalue weighted by molar-refractivity contribution is -0.137. The van der Waals surface area contributed by atoms with Crippen LogP contribution in [-0.4, -0.2) is 10.9 Å². The van der Waals surface area contributed by atoms with Crippen LogP contribution in [0, 0.1) is 6.92 Å². The average Bonchev–Trinajstić information content (AvgIpc) is 2.70. The van der Waals surface area contributed by atoms with Crippen LogP contribution in [0.4, 0.5) is 13.2 Å². The predicted octanol–water partition coefficient (Wildman–Crippen LogP) is 3.24. The third-order valence-electron chi connectivity index (χ3n) is 2.48. The van der Waals surface area contributed by atoms with Gasteiger partial charge in [0.1, 0.15) is 9.88 Å². The number of thiazole rings is 1. The van der Waals surface area contributed by atoms with Gasteiger partial charge in [-0.1, -0.05) is 12.1 Å². The standard InChI is InChI=1S/C12H9F3N2OS/c1-6-9(10(16)18)19-11(17-6)7-2-4-8(5-3-7)12(13,14)15/h2-5H,1H3,(H2,16,18). The molecule has 0 aliphatic heterocycles. The fraction of sp³-hybridized carbons (Fsp3) is 0.167. The van der Waals surface area contributed by atoms with Crippen LogP contribution in [0.15, 0.2) is 24.3 Å². The van der Waals surface area contributed by atoms with E-state index in [1.54, 1.807) is 6.92 Å². The molecule has 0 spiro atoms. The summed E-state index contributed by atoms with van der Waals surface area (Å²) in [6.45, 7) is 1.63. The first-order valence-electron chi connectivity index (χ1n) is 5.24. The number of amides is 1. The van der Waals surface area contributed by atoms with E-state index in [0.717, 1.165) is 23.5 Å². The predicted molar refractivity (Wildman–Crippen MR) is 65.8 cm³/mol. The van der Waals surface area contributed by atoms with Crippen LogP contribution in [0.5, 0.6) is 0 Å². The van der Waals surface area contributed by atoms with E-state index in [2.05, 4.69) is 4.98 Å². The Hall–Kier alpha value is -1.89. The normalized spacial score (nSPS) is 11.6. The Labute approximate surface area is 110 Å². The highest BCUT2D eigenvalue weighted by Crippen LogP contribution is 2.32. The third-order valence-corrected chi connectivity index (χ3v) is 3.70. The van der Waals surface area contributed by atoms with Crippen molar-refractivity contribution in [2.45, 2.75) is 13.1 Å². The zero-order valence-electron chi connectivity index (χ0n) is 9.78. The van der Waals surface area contributed by atoms with E-state index in [9.17, 15) is 18.0 Å². The maximum Gasteiger partial charge on any atom is 0.416 e. The fourth-order valence-corrected chi connectivity index (χ4v) is 2.47. The van der Waals surface area contributed by atoms with Crippen molar-refractivity contribution in [1.82, 2.24) is 4.98 Å². The highest BCUT2D eigenvalue weighted by Gasteiger charge is 2.30. The molecule has 1 aromatic carbocycles. The molecule has 0 radical (unpaired) electrons. The fourth-order valence-electron chi connectivity index (χ4n) is 1.55. The average molecular weight is 286 g/mol. The summed E-state index contributed by atoms with van der Waals surface area (Å²) in [5, 5.41) is 0.472. The molecule has 0 atom stereocenters. The lowest BCUT2D eigenvalue weighted by atomic mass is 10.1. The number of aromatic nitrogens is 1. The lowest BCUT2D eigenvalue weighted by Gasteiger charge is -2.06. The summed E-state index contributed by atoms with van der Waals surface area (Å²) in [6, 6.07) is 4.61. The van der Waals surface area contributed by atoms with Crippen molar-refractivity contribution >= 4 is 17.2 Å². The molecular formula is C12H9F3N2OS. The van der Waals surface area contributed by atoms with E-state index >= 15 is 0 Å². The van der Waals surface area contributed by atoms with Gasteiger partial charge in [0.25, 0.3) is 5.91 Å². The van der Waals surface area contributed by atoms with Gasteiger partial charge in [0, 0.05) is 5.56 Å². The summed E-state index contributed by atoms with van der Waals surface area (Å²) < 4.78 is 37.3. The molecule has 0 aliphatic rings. The van der Waals surface area contributed by atoms with Crippen molar-refractivity contribution in [2.24, 2.45) is 5.73 Å². The molecule has 0 saturated heterocycles. The molecule has 0 fully saturated rings. The molecule has 0 aliphatic carbocycles. The highest BCUT2D eigenvalue weighted by atomic mass is 32.1. The number of rotatable bonds is 2. The first-order chi connectivity index (χ1) is 8.79. The summed E-state index contributed by atoms with van der Waals surface area (Å²) >= 11 is 1.07. The minimum absolute atomic E-state index is 0.315. The number of carbonyl (C=O) groups excluding carboxylic acids is 1. The number of halogens is 3. The zero-order chi connectivity index (χ0) is 14.2. The van der Waals surface area contributed by atoms with Gasteiger partial charge >= 0.3 is 6.18 Å². The van der Waals surface area contributed by atoms with Gasteiger partial charge in [-0.05, 0) is 19.1 Å². The second-order valence-corrected chi connectivity index (χ2v) is 4.87. The summed E-state index contributed by atoms with van der Waals surface area (Å²) in [4.78, 5) is 15.5. The second-order valence-electron chi connectivity index (χ2n) is 3.87. The molecule has 19 heavy (non-hydrogen) atoms. The van der Waals surface area contributed by atoms with Crippen molar-refractivity contribution in [1.29, 1.82) is 0 Å². The molecule has 1 aromatic heterocycles. The number of primary amides is 1. The minimum atomic E-state index is -4.37. The van der Waals surface area contributed by atoms with Gasteiger partial charge in [-0.25, -0.2) is 4.98 Å². The number of hydrogen-bond acceptors (Lipinski definition) is 3. The maximum atomic E-state index is 12.4. The first-order valence-corrected chi connectivity index (χ1v) is 6.05. The van der Waals surface area contributed by atoms with Crippen LogP contribution in [-0.2, 0) is 6.18 Å². The monoisotopic (exact) mass is 286 g/mol. The molecular weight excluding hydrogens is 277 g/mol. The van der Waals surface area contributed by atoms with Crippen LogP contribution in [0.2, 0.25) is 0 Å². The first kappa shape index (κ1) is 13.5. The minimum Gasteiger partial charge on any atom is -0.365 e.